The monoisotopic (exact) mass is 209 g/mol. The van der Waals surface area contributed by atoms with Gasteiger partial charge in [-0.15, -0.1) is 0 Å². The van der Waals surface area contributed by atoms with E-state index in [4.69, 9.17) is 17.3 Å². The second kappa shape index (κ2) is 4.63. The topological polar surface area (TPSA) is 26.0 Å². The molecule has 1 unspecified atom stereocenters. The van der Waals surface area contributed by atoms with Crippen molar-refractivity contribution in [3.63, 3.8) is 0 Å². The quantitative estimate of drug-likeness (QED) is 0.740. The minimum Gasteiger partial charge on any atom is -0.321 e. The van der Waals surface area contributed by atoms with E-state index in [2.05, 4.69) is 0 Å². The Balaban J connectivity index is 3.07. The highest BCUT2D eigenvalue weighted by molar-refractivity contribution is 6.32. The zero-order chi connectivity index (χ0) is 10.7. The average molecular weight is 210 g/mol. The number of rotatable bonds is 2. The van der Waals surface area contributed by atoms with Gasteiger partial charge < -0.3 is 5.73 Å². The van der Waals surface area contributed by atoms with Gasteiger partial charge in [0.1, 0.15) is 0 Å². The first kappa shape index (κ1) is 11.3. The summed E-state index contributed by atoms with van der Waals surface area (Å²) >= 11 is 6.16. The molecule has 0 amide bonds. The third kappa shape index (κ3) is 2.60. The lowest BCUT2D eigenvalue weighted by Gasteiger charge is -2.11. The average Bonchev–Trinajstić information content (AvgIpc) is 2.08. The van der Waals surface area contributed by atoms with Gasteiger partial charge in [-0.3, -0.25) is 0 Å². The Morgan fingerprint density at radius 1 is 1.43 bits per heavy atom. The molecule has 0 aliphatic rings. The molecule has 2 heteroatoms. The fourth-order valence-electron chi connectivity index (χ4n) is 1.38. The molecule has 0 radical (unpaired) electrons. The van der Waals surface area contributed by atoms with Gasteiger partial charge in [0.15, 0.2) is 0 Å². The van der Waals surface area contributed by atoms with Crippen molar-refractivity contribution in [1.82, 2.24) is 0 Å². The van der Waals surface area contributed by atoms with Crippen LogP contribution in [0.5, 0.6) is 0 Å². The maximum Gasteiger partial charge on any atom is 0.0498 e. The molecular formula is C12H16ClN. The normalized spacial score (nSPS) is 12.4. The van der Waals surface area contributed by atoms with Gasteiger partial charge in [0, 0.05) is 11.1 Å². The van der Waals surface area contributed by atoms with Crippen LogP contribution in [0.1, 0.15) is 31.0 Å². The molecular weight excluding hydrogens is 194 g/mol. The Morgan fingerprint density at radius 2 is 2.07 bits per heavy atom. The first-order valence-corrected chi connectivity index (χ1v) is 5.05. The van der Waals surface area contributed by atoms with Gasteiger partial charge >= 0.3 is 0 Å². The molecule has 0 fully saturated rings. The molecule has 0 aromatic heterocycles. The highest BCUT2D eigenvalue weighted by atomic mass is 35.5. The summed E-state index contributed by atoms with van der Waals surface area (Å²) in [6, 6.07) is 5.84. The fourth-order valence-corrected chi connectivity index (χ4v) is 1.63. The molecule has 0 spiro atoms. The lowest BCUT2D eigenvalue weighted by atomic mass is 10.0. The Hall–Kier alpha value is -0.790. The molecule has 1 aromatic rings. The summed E-state index contributed by atoms with van der Waals surface area (Å²) in [5.41, 5.74) is 9.27. The van der Waals surface area contributed by atoms with Crippen LogP contribution < -0.4 is 5.73 Å². The largest absolute Gasteiger partial charge is 0.321 e. The minimum absolute atomic E-state index is 0.104. The van der Waals surface area contributed by atoms with Crippen molar-refractivity contribution in [3.8, 4) is 0 Å². The van der Waals surface area contributed by atoms with Crippen LogP contribution in [0.15, 0.2) is 29.8 Å². The lowest BCUT2D eigenvalue weighted by molar-refractivity contribution is 0.897. The third-order valence-corrected chi connectivity index (χ3v) is 2.61. The van der Waals surface area contributed by atoms with Crippen LogP contribution in [0.3, 0.4) is 0 Å². The maximum atomic E-state index is 6.16. The first-order chi connectivity index (χ1) is 6.52. The minimum atomic E-state index is -0.104. The molecule has 0 saturated carbocycles. The number of hydrogen-bond donors (Lipinski definition) is 1. The number of benzene rings is 1. The van der Waals surface area contributed by atoms with E-state index in [1.54, 1.807) is 0 Å². The van der Waals surface area contributed by atoms with Crippen molar-refractivity contribution in [2.75, 3.05) is 0 Å². The summed E-state index contributed by atoms with van der Waals surface area (Å²) in [4.78, 5) is 0. The van der Waals surface area contributed by atoms with E-state index in [9.17, 15) is 0 Å². The van der Waals surface area contributed by atoms with Gasteiger partial charge in [0.25, 0.3) is 0 Å². The third-order valence-electron chi connectivity index (χ3n) is 2.09. The number of halogens is 1. The molecule has 0 aliphatic carbocycles. The molecule has 0 saturated heterocycles. The number of hydrogen-bond acceptors (Lipinski definition) is 1. The summed E-state index contributed by atoms with van der Waals surface area (Å²) < 4.78 is 0. The molecule has 76 valence electrons. The Morgan fingerprint density at radius 3 is 2.64 bits per heavy atom. The highest BCUT2D eigenvalue weighted by Gasteiger charge is 2.08. The Labute approximate surface area is 90.6 Å². The second-order valence-electron chi connectivity index (χ2n) is 3.75. The van der Waals surface area contributed by atoms with E-state index in [-0.39, 0.29) is 6.04 Å². The van der Waals surface area contributed by atoms with Crippen molar-refractivity contribution in [2.45, 2.75) is 26.8 Å². The summed E-state index contributed by atoms with van der Waals surface area (Å²) in [7, 11) is 0. The van der Waals surface area contributed by atoms with Gasteiger partial charge in [0.2, 0.25) is 0 Å². The first-order valence-electron chi connectivity index (χ1n) is 4.68. The van der Waals surface area contributed by atoms with Crippen LogP contribution in [-0.2, 0) is 0 Å². The van der Waals surface area contributed by atoms with Crippen molar-refractivity contribution < 1.29 is 0 Å². The van der Waals surface area contributed by atoms with Crippen LogP contribution in [0.4, 0.5) is 0 Å². The van der Waals surface area contributed by atoms with E-state index < -0.39 is 0 Å². The molecule has 1 atom stereocenters. The predicted octanol–water partition coefficient (Wildman–Crippen LogP) is 3.61. The van der Waals surface area contributed by atoms with Crippen molar-refractivity contribution in [3.05, 3.63) is 46.0 Å². The van der Waals surface area contributed by atoms with Crippen LogP contribution in [-0.4, -0.2) is 0 Å². The van der Waals surface area contributed by atoms with Gasteiger partial charge in [0.05, 0.1) is 0 Å². The van der Waals surface area contributed by atoms with Gasteiger partial charge in [-0.05, 0) is 31.9 Å². The summed E-state index contributed by atoms with van der Waals surface area (Å²) in [6.07, 6.45) is 2.01. The molecule has 1 rings (SSSR count). The van der Waals surface area contributed by atoms with Crippen molar-refractivity contribution in [1.29, 1.82) is 0 Å². The second-order valence-corrected chi connectivity index (χ2v) is 4.13. The lowest BCUT2D eigenvalue weighted by Crippen LogP contribution is -2.08. The Kier molecular flexibility index (Phi) is 3.73. The van der Waals surface area contributed by atoms with Crippen molar-refractivity contribution >= 4 is 11.6 Å². The zero-order valence-corrected chi connectivity index (χ0v) is 9.60. The molecule has 1 nitrogen and oxygen atoms in total. The van der Waals surface area contributed by atoms with Crippen LogP contribution in [0.2, 0.25) is 5.02 Å². The number of allylic oxidation sites excluding steroid dienone is 1. The summed E-state index contributed by atoms with van der Waals surface area (Å²) in [6.45, 7) is 6.05. The Bertz CT molecular complexity index is 351. The summed E-state index contributed by atoms with van der Waals surface area (Å²) in [5.74, 6) is 0. The molecule has 14 heavy (non-hydrogen) atoms. The van der Waals surface area contributed by atoms with Crippen LogP contribution in [0, 0.1) is 6.92 Å². The molecule has 2 N–H and O–H groups in total. The number of aryl methyl sites for hydroxylation is 1. The van der Waals surface area contributed by atoms with Gasteiger partial charge in [-0.25, -0.2) is 0 Å². The summed E-state index contributed by atoms with van der Waals surface area (Å²) in [5, 5.41) is 0.775. The smallest absolute Gasteiger partial charge is 0.0498 e. The maximum absolute atomic E-state index is 6.16. The molecule has 0 bridgehead atoms. The molecule has 0 heterocycles. The molecule has 0 aliphatic heterocycles. The van der Waals surface area contributed by atoms with Crippen LogP contribution in [0.25, 0.3) is 0 Å². The van der Waals surface area contributed by atoms with E-state index >= 15 is 0 Å². The number of nitrogens with two attached hydrogens (primary N) is 1. The van der Waals surface area contributed by atoms with E-state index in [0.717, 1.165) is 16.1 Å². The van der Waals surface area contributed by atoms with Crippen molar-refractivity contribution in [2.24, 2.45) is 5.73 Å². The SMILES string of the molecule is CC(C)=CC(N)c1cccc(C)c1Cl. The van der Waals surface area contributed by atoms with Gasteiger partial charge in [-0.1, -0.05) is 41.4 Å². The van der Waals surface area contributed by atoms with Crippen LogP contribution >= 0.6 is 11.6 Å². The van der Waals surface area contributed by atoms with E-state index in [0.29, 0.717) is 0 Å². The van der Waals surface area contributed by atoms with Gasteiger partial charge in [-0.2, -0.15) is 0 Å². The fraction of sp³-hybridized carbons (Fsp3) is 0.333. The zero-order valence-electron chi connectivity index (χ0n) is 8.84. The highest BCUT2D eigenvalue weighted by Crippen LogP contribution is 2.25. The standard InChI is InChI=1S/C12H16ClN/c1-8(2)7-11(14)10-6-4-5-9(3)12(10)13/h4-7,11H,14H2,1-3H3. The van der Waals surface area contributed by atoms with E-state index in [1.807, 2.05) is 45.0 Å². The van der Waals surface area contributed by atoms with E-state index in [1.165, 1.54) is 5.57 Å². The predicted molar refractivity (Wildman–Crippen MR) is 62.5 cm³/mol. The molecule has 1 aromatic carbocycles.